The van der Waals surface area contributed by atoms with E-state index in [1.807, 2.05) is 35.8 Å². The number of amidine groups is 1. The van der Waals surface area contributed by atoms with Gasteiger partial charge in [-0.3, -0.25) is 5.32 Å². The molecule has 0 fully saturated rings. The molecule has 0 amide bonds. The van der Waals surface area contributed by atoms with Crippen LogP contribution in [0.1, 0.15) is 11.1 Å². The van der Waals surface area contributed by atoms with Crippen LogP contribution < -0.4 is 5.32 Å². The minimum Gasteiger partial charge on any atom is -0.508 e. The van der Waals surface area contributed by atoms with Gasteiger partial charge in [0.2, 0.25) is 5.84 Å². The molecule has 3 rings (SSSR count). The fourth-order valence-corrected chi connectivity index (χ4v) is 1.95. The zero-order valence-corrected chi connectivity index (χ0v) is 10.1. The Kier molecular flexibility index (Phi) is 2.78. The van der Waals surface area contributed by atoms with Gasteiger partial charge in [0, 0.05) is 5.56 Å². The normalized spacial score (nSPS) is 14.1. The summed E-state index contributed by atoms with van der Waals surface area (Å²) in [4.78, 5) is 4.55. The molecular weight excluding hydrogens is 240 g/mol. The SMILES string of the molecule is Oc1ccc(C2=C[NH2+]C(c3ccc(O)cc3)=N2)cc1. The van der Waals surface area contributed by atoms with E-state index in [9.17, 15) is 10.2 Å². The largest absolute Gasteiger partial charge is 0.508 e. The highest BCUT2D eigenvalue weighted by atomic mass is 16.3. The smallest absolute Gasteiger partial charge is 0.237 e. The van der Waals surface area contributed by atoms with Gasteiger partial charge in [0.05, 0.1) is 5.56 Å². The Morgan fingerprint density at radius 1 is 0.737 bits per heavy atom. The van der Waals surface area contributed by atoms with E-state index in [2.05, 4.69) is 4.99 Å². The van der Waals surface area contributed by atoms with Crippen LogP contribution in [-0.4, -0.2) is 16.0 Å². The van der Waals surface area contributed by atoms with E-state index in [1.54, 1.807) is 24.3 Å². The molecule has 4 N–H and O–H groups in total. The molecular formula is C15H13N2O2+. The van der Waals surface area contributed by atoms with Gasteiger partial charge in [0.1, 0.15) is 23.4 Å². The highest BCUT2D eigenvalue weighted by molar-refractivity contribution is 5.97. The number of quaternary nitrogens is 1. The number of phenols is 2. The molecule has 0 unspecified atom stereocenters. The van der Waals surface area contributed by atoms with Crippen molar-refractivity contribution >= 4 is 11.5 Å². The summed E-state index contributed by atoms with van der Waals surface area (Å²) >= 11 is 0. The molecule has 1 aliphatic rings. The van der Waals surface area contributed by atoms with E-state index < -0.39 is 0 Å². The van der Waals surface area contributed by atoms with Crippen LogP contribution in [0.15, 0.2) is 59.7 Å². The first-order valence-electron chi connectivity index (χ1n) is 5.95. The number of hydrogen-bond donors (Lipinski definition) is 3. The molecule has 0 spiro atoms. The molecule has 2 aromatic rings. The molecule has 0 saturated carbocycles. The van der Waals surface area contributed by atoms with Crippen molar-refractivity contribution in [1.29, 1.82) is 0 Å². The number of phenolic OH excluding ortho intramolecular Hbond substituents is 2. The van der Waals surface area contributed by atoms with Crippen molar-refractivity contribution in [3.05, 3.63) is 65.9 Å². The van der Waals surface area contributed by atoms with Crippen LogP contribution in [0, 0.1) is 0 Å². The Balaban J connectivity index is 1.87. The molecule has 0 radical (unpaired) electrons. The van der Waals surface area contributed by atoms with Crippen LogP contribution in [0.3, 0.4) is 0 Å². The third-order valence-corrected chi connectivity index (χ3v) is 2.97. The predicted octanol–water partition coefficient (Wildman–Crippen LogP) is 1.42. The molecule has 19 heavy (non-hydrogen) atoms. The van der Waals surface area contributed by atoms with Crippen molar-refractivity contribution < 1.29 is 15.5 Å². The molecule has 0 saturated heterocycles. The lowest BCUT2D eigenvalue weighted by Gasteiger charge is -1.97. The molecule has 0 aliphatic carbocycles. The number of benzene rings is 2. The van der Waals surface area contributed by atoms with E-state index in [1.165, 1.54) is 0 Å². The predicted molar refractivity (Wildman–Crippen MR) is 72.7 cm³/mol. The molecule has 4 nitrogen and oxygen atoms in total. The van der Waals surface area contributed by atoms with Crippen LogP contribution in [0.2, 0.25) is 0 Å². The molecule has 2 aromatic carbocycles. The Bertz CT molecular complexity index is 656. The molecule has 1 aliphatic heterocycles. The average Bonchev–Trinajstić information content (AvgIpc) is 2.90. The molecule has 1 heterocycles. The summed E-state index contributed by atoms with van der Waals surface area (Å²) in [6.45, 7) is 0. The Morgan fingerprint density at radius 3 is 1.84 bits per heavy atom. The zero-order chi connectivity index (χ0) is 13.2. The van der Waals surface area contributed by atoms with Crippen LogP contribution in [0.4, 0.5) is 0 Å². The van der Waals surface area contributed by atoms with Crippen molar-refractivity contribution in [1.82, 2.24) is 0 Å². The second-order valence-corrected chi connectivity index (χ2v) is 4.31. The van der Waals surface area contributed by atoms with E-state index in [0.717, 1.165) is 22.7 Å². The summed E-state index contributed by atoms with van der Waals surface area (Å²) in [6, 6.07) is 13.9. The lowest BCUT2D eigenvalue weighted by atomic mass is 10.1. The maximum absolute atomic E-state index is 9.27. The van der Waals surface area contributed by atoms with Crippen LogP contribution >= 0.6 is 0 Å². The summed E-state index contributed by atoms with van der Waals surface area (Å²) in [6.07, 6.45) is 1.94. The fraction of sp³-hybridized carbons (Fsp3) is 0. The lowest BCUT2D eigenvalue weighted by Crippen LogP contribution is -2.81. The number of aliphatic imine (C=N–C) groups is 1. The molecule has 0 atom stereocenters. The number of nitrogens with zero attached hydrogens (tertiary/aromatic N) is 1. The van der Waals surface area contributed by atoms with E-state index >= 15 is 0 Å². The highest BCUT2D eigenvalue weighted by Crippen LogP contribution is 2.20. The Labute approximate surface area is 110 Å². The molecule has 0 bridgehead atoms. The van der Waals surface area contributed by atoms with Gasteiger partial charge in [0.25, 0.3) is 0 Å². The summed E-state index contributed by atoms with van der Waals surface area (Å²) in [5.74, 6) is 1.35. The first kappa shape index (κ1) is 11.5. The third kappa shape index (κ3) is 2.34. The summed E-state index contributed by atoms with van der Waals surface area (Å²) in [5, 5.41) is 20.5. The van der Waals surface area contributed by atoms with Crippen molar-refractivity contribution in [2.24, 2.45) is 4.99 Å². The first-order valence-corrected chi connectivity index (χ1v) is 5.95. The quantitative estimate of drug-likeness (QED) is 0.757. The van der Waals surface area contributed by atoms with Gasteiger partial charge in [-0.25, -0.2) is 0 Å². The summed E-state index contributed by atoms with van der Waals surface area (Å²) < 4.78 is 0. The van der Waals surface area contributed by atoms with Crippen LogP contribution in [-0.2, 0) is 0 Å². The summed E-state index contributed by atoms with van der Waals surface area (Å²) in [5.41, 5.74) is 2.79. The van der Waals surface area contributed by atoms with Gasteiger partial charge in [-0.1, -0.05) is 0 Å². The summed E-state index contributed by atoms with van der Waals surface area (Å²) in [7, 11) is 0. The van der Waals surface area contributed by atoms with Crippen LogP contribution in [0.25, 0.3) is 5.70 Å². The van der Waals surface area contributed by atoms with Crippen molar-refractivity contribution in [2.75, 3.05) is 0 Å². The maximum Gasteiger partial charge on any atom is 0.237 e. The zero-order valence-electron chi connectivity index (χ0n) is 10.1. The van der Waals surface area contributed by atoms with Gasteiger partial charge < -0.3 is 10.2 Å². The standard InChI is InChI=1S/C15H12N2O2/c18-12-5-1-10(2-6-12)14-9-16-15(17-14)11-3-7-13(19)8-4-11/h1-9,18-19H,(H,16,17)/p+1. The average molecular weight is 253 g/mol. The van der Waals surface area contributed by atoms with Crippen LogP contribution in [0.5, 0.6) is 11.5 Å². The van der Waals surface area contributed by atoms with Gasteiger partial charge in [-0.2, -0.15) is 4.99 Å². The van der Waals surface area contributed by atoms with Crippen molar-refractivity contribution in [3.63, 3.8) is 0 Å². The molecule has 0 aromatic heterocycles. The van der Waals surface area contributed by atoms with Crippen molar-refractivity contribution in [2.45, 2.75) is 0 Å². The molecule has 94 valence electrons. The number of rotatable bonds is 2. The maximum atomic E-state index is 9.27. The minimum absolute atomic E-state index is 0.245. The first-order chi connectivity index (χ1) is 9.22. The Morgan fingerprint density at radius 2 is 1.26 bits per heavy atom. The third-order valence-electron chi connectivity index (χ3n) is 2.97. The van der Waals surface area contributed by atoms with Gasteiger partial charge in [-0.15, -0.1) is 0 Å². The number of aromatic hydroxyl groups is 2. The lowest BCUT2D eigenvalue weighted by molar-refractivity contribution is -0.455. The van der Waals surface area contributed by atoms with Gasteiger partial charge in [-0.05, 0) is 48.5 Å². The van der Waals surface area contributed by atoms with Gasteiger partial charge in [0.15, 0.2) is 0 Å². The highest BCUT2D eigenvalue weighted by Gasteiger charge is 2.16. The second kappa shape index (κ2) is 4.59. The van der Waals surface area contributed by atoms with Gasteiger partial charge >= 0.3 is 0 Å². The fourth-order valence-electron chi connectivity index (χ4n) is 1.95. The van der Waals surface area contributed by atoms with E-state index in [-0.39, 0.29) is 11.5 Å². The van der Waals surface area contributed by atoms with Crippen molar-refractivity contribution in [3.8, 4) is 11.5 Å². The number of hydrogen-bond acceptors (Lipinski definition) is 3. The molecule has 4 heteroatoms. The number of nitrogens with two attached hydrogens (primary N) is 1. The monoisotopic (exact) mass is 253 g/mol. The van der Waals surface area contributed by atoms with E-state index in [0.29, 0.717) is 0 Å². The van der Waals surface area contributed by atoms with E-state index in [4.69, 9.17) is 0 Å². The minimum atomic E-state index is 0.245. The second-order valence-electron chi connectivity index (χ2n) is 4.31. The Hall–Kier alpha value is -2.59. The topological polar surface area (TPSA) is 69.4 Å².